The Bertz CT molecular complexity index is 2150. The maximum Gasteiger partial charge on any atom is 0.246 e. The molecule has 0 aromatic heterocycles. The average Bonchev–Trinajstić information content (AvgIpc) is 0.901. The van der Waals surface area contributed by atoms with Gasteiger partial charge >= 0.3 is 0 Å². The van der Waals surface area contributed by atoms with E-state index in [1.807, 2.05) is 242 Å². The van der Waals surface area contributed by atoms with E-state index in [0.29, 0.717) is 66.8 Å². The first-order chi connectivity index (χ1) is 51.7. The van der Waals surface area contributed by atoms with E-state index >= 15 is 0 Å². The highest BCUT2D eigenvalue weighted by Crippen LogP contribution is 2.10. The quantitative estimate of drug-likeness (QED) is 0.0677. The molecule has 0 aliphatic carbocycles. The lowest BCUT2D eigenvalue weighted by Gasteiger charge is -2.17. The normalized spacial score (nSPS) is 10.1. The van der Waals surface area contributed by atoms with Crippen molar-refractivity contribution in [1.82, 2.24) is 5.48 Å². The van der Waals surface area contributed by atoms with Crippen LogP contribution in [0.15, 0.2) is 0 Å². The van der Waals surface area contributed by atoms with E-state index in [4.69, 9.17) is 10.2 Å². The molecule has 1 amide bonds. The van der Waals surface area contributed by atoms with Crippen LogP contribution in [0.5, 0.6) is 0 Å². The SMILES string of the molecule is CC(=O)C(C)C.CC(=O)C(C)C.CC(=O)C(C)C.CC(=O)C(C)C.CC(=O)C(C)C.CC(=O)C(C)C.CC(=O)C(C)C.CC(=O)C(C)C.CC(C)C(=O)C(C)(C)O.CC(C)C(=O)C(C)C.CC(C)C(=O)C(C)O.CCC(=O)C(C)C.CCC(=O)C(C)C.CCC(=O)C(C)C.CCC(=O)C(C)C.CCC(=O)C(C)C.CONC(=O)C(C)C. The van der Waals surface area contributed by atoms with Gasteiger partial charge in [0.1, 0.15) is 92.7 Å². The van der Waals surface area contributed by atoms with Crippen LogP contribution in [-0.2, 0) is 86.3 Å². The van der Waals surface area contributed by atoms with E-state index in [2.05, 4.69) is 10.3 Å². The Hall–Kier alpha value is -5.93. The second-order valence-electron chi connectivity index (χ2n) is 33.8. The zero-order valence-electron chi connectivity index (χ0n) is 85.2. The van der Waals surface area contributed by atoms with Gasteiger partial charge in [0.05, 0.1) is 7.11 Å². The Morgan fingerprint density at radius 2 is 0.371 bits per heavy atom. The molecule has 0 aliphatic heterocycles. The van der Waals surface area contributed by atoms with Crippen molar-refractivity contribution in [3.05, 3.63) is 0 Å². The number of carbonyl (C=O) groups excluding carboxylic acids is 17. The third-order valence-corrected chi connectivity index (χ3v) is 15.4. The summed E-state index contributed by atoms with van der Waals surface area (Å²) in [6.45, 7) is 94.7. The smallest absolute Gasteiger partial charge is 0.246 e. The van der Waals surface area contributed by atoms with Crippen LogP contribution in [0.4, 0.5) is 0 Å². The van der Waals surface area contributed by atoms with Crippen LogP contribution < -0.4 is 5.48 Å². The summed E-state index contributed by atoms with van der Waals surface area (Å²) in [5, 5.41) is 17.7. The monoisotopic (exact) mass is 1670 g/mol. The molecule has 0 bridgehead atoms. The van der Waals surface area contributed by atoms with Gasteiger partial charge in [0.2, 0.25) is 5.91 Å². The third kappa shape index (κ3) is 156. The van der Waals surface area contributed by atoms with E-state index in [0.717, 1.165) is 0 Å². The fourth-order valence-electron chi connectivity index (χ4n) is 4.12. The second-order valence-corrected chi connectivity index (χ2v) is 33.8. The number of carbonyl (C=O) groups is 17. The Kier molecular flexibility index (Phi) is 125. The molecule has 696 valence electrons. The summed E-state index contributed by atoms with van der Waals surface area (Å²) in [5.41, 5.74) is 1.05. The standard InChI is InChI=1S/C7H14O2.C7H14O.C6H12O2.5C6H12O.C5H11NO2.8C5H10O/c1-5(2)6(8)7(3,4)9;1-5(2)7(8)6(3)4;1-4(2)6(8)5(3)7;5*1-4-6(7)5(2)3;1-4(2)5(7)6-8-3;8*1-4(2)5(3)6/h5,9H,1-4H3;5-6H,1-4H3;4-5,7H,1-3H3;5*5H,4H2,1-3H3;4H,1-3H3,(H,6,7);8*4H,1-3H3. The summed E-state index contributed by atoms with van der Waals surface area (Å²) in [4.78, 5) is 181. The minimum atomic E-state index is -1.16. The Morgan fingerprint density at radius 3 is 0.379 bits per heavy atom. The van der Waals surface area contributed by atoms with Gasteiger partial charge in [-0.1, -0.05) is 284 Å². The van der Waals surface area contributed by atoms with Gasteiger partial charge in [-0.15, -0.1) is 0 Å². The second kappa shape index (κ2) is 96.2. The van der Waals surface area contributed by atoms with Crippen molar-refractivity contribution < 1.29 is 96.6 Å². The molecule has 0 aromatic rings. The van der Waals surface area contributed by atoms with E-state index in [1.54, 1.807) is 96.9 Å². The maximum atomic E-state index is 10.9. The van der Waals surface area contributed by atoms with Gasteiger partial charge in [-0.05, 0) is 76.2 Å². The van der Waals surface area contributed by atoms with E-state index in [1.165, 1.54) is 27.9 Å². The van der Waals surface area contributed by atoms with Crippen LogP contribution in [0.2, 0.25) is 0 Å². The van der Waals surface area contributed by atoms with E-state index in [9.17, 15) is 81.5 Å². The predicted molar refractivity (Wildman–Crippen MR) is 487 cm³/mol. The third-order valence-electron chi connectivity index (χ3n) is 15.4. The van der Waals surface area contributed by atoms with Crippen molar-refractivity contribution in [2.75, 3.05) is 7.11 Å². The number of aliphatic hydroxyl groups is 2. The van der Waals surface area contributed by atoms with Crippen molar-refractivity contribution >= 4 is 98.4 Å². The van der Waals surface area contributed by atoms with Gasteiger partial charge in [0.25, 0.3) is 0 Å². The first-order valence-electron chi connectivity index (χ1n) is 42.2. The van der Waals surface area contributed by atoms with Gasteiger partial charge in [-0.2, -0.15) is 0 Å². The van der Waals surface area contributed by atoms with E-state index in [-0.39, 0.29) is 170 Å². The van der Waals surface area contributed by atoms with Gasteiger partial charge in [-0.25, -0.2) is 5.48 Å². The lowest BCUT2D eigenvalue weighted by molar-refractivity contribution is -0.137. The zero-order chi connectivity index (χ0) is 98.2. The summed E-state index contributed by atoms with van der Waals surface area (Å²) < 4.78 is 0. The fraction of sp³-hybridized carbons (Fsp3) is 0.821. The molecule has 0 radical (unpaired) electrons. The van der Waals surface area contributed by atoms with Crippen molar-refractivity contribution in [1.29, 1.82) is 0 Å². The highest BCUT2D eigenvalue weighted by molar-refractivity contribution is 5.88. The van der Waals surface area contributed by atoms with Crippen LogP contribution in [0, 0.1) is 107 Å². The molecule has 116 heavy (non-hydrogen) atoms. The zero-order valence-corrected chi connectivity index (χ0v) is 85.2. The van der Waals surface area contributed by atoms with Crippen molar-refractivity contribution in [3.63, 3.8) is 0 Å². The van der Waals surface area contributed by atoms with E-state index < -0.39 is 11.7 Å². The van der Waals surface area contributed by atoms with Crippen LogP contribution in [-0.4, -0.2) is 127 Å². The largest absolute Gasteiger partial charge is 0.386 e. The van der Waals surface area contributed by atoms with Crippen LogP contribution >= 0.6 is 0 Å². The van der Waals surface area contributed by atoms with Crippen molar-refractivity contribution in [2.45, 2.75) is 404 Å². The summed E-state index contributed by atoms with van der Waals surface area (Å²) >= 11 is 0. The molecule has 0 saturated heterocycles. The van der Waals surface area contributed by atoms with Crippen molar-refractivity contribution in [2.24, 2.45) is 107 Å². The molecule has 0 fully saturated rings. The summed E-state index contributed by atoms with van der Waals surface area (Å²) in [7, 11) is 1.42. The summed E-state index contributed by atoms with van der Waals surface area (Å²) in [5.74, 6) is 6.99. The molecule has 3 N–H and O–H groups in total. The lowest BCUT2D eigenvalue weighted by atomic mass is 9.95. The molecule has 0 aromatic carbocycles. The Morgan fingerprint density at radius 1 is 0.241 bits per heavy atom. The topological polar surface area (TPSA) is 352 Å². The predicted octanol–water partition coefficient (Wildman–Crippen LogP) is 21.7. The number of aliphatic hydroxyl groups excluding tert-OH is 1. The average molecular weight is 1670 g/mol. The minimum absolute atomic E-state index is 0.00468. The Balaban J connectivity index is -0.0000000599. The number of rotatable bonds is 26. The van der Waals surface area contributed by atoms with Crippen molar-refractivity contribution in [3.8, 4) is 0 Å². The number of nitrogens with one attached hydrogen (secondary N) is 1. The number of amides is 1. The van der Waals surface area contributed by atoms with Gasteiger partial charge in [0, 0.05) is 139 Å². The lowest BCUT2D eigenvalue weighted by Crippen LogP contribution is -2.34. The number of ketones is 16. The number of hydrogen-bond acceptors (Lipinski definition) is 20. The van der Waals surface area contributed by atoms with Crippen LogP contribution in [0.25, 0.3) is 0 Å². The minimum Gasteiger partial charge on any atom is -0.386 e. The maximum absolute atomic E-state index is 10.9. The molecule has 1 unspecified atom stereocenters. The van der Waals surface area contributed by atoms with Gasteiger partial charge in [0.15, 0.2) is 11.6 Å². The van der Waals surface area contributed by atoms with Crippen LogP contribution in [0.3, 0.4) is 0 Å². The molecule has 21 heteroatoms. The molecule has 0 heterocycles. The molecular weight excluding hydrogens is 1480 g/mol. The first-order valence-corrected chi connectivity index (χ1v) is 42.2. The number of hydrogen-bond donors (Lipinski definition) is 3. The molecule has 0 spiro atoms. The molecule has 21 nitrogen and oxygen atoms in total. The molecule has 0 aliphatic rings. The highest BCUT2D eigenvalue weighted by Gasteiger charge is 2.25. The molecule has 0 rings (SSSR count). The summed E-state index contributed by atoms with van der Waals surface area (Å²) in [6.07, 6.45) is 2.59. The fourth-order valence-corrected chi connectivity index (χ4v) is 4.12. The Labute approximate surface area is 714 Å². The number of Topliss-reactive ketones (excluding diaryl/α,β-unsaturated/α-hetero) is 16. The molecule has 0 saturated carbocycles. The first kappa shape index (κ1) is 151. The summed E-state index contributed by atoms with van der Waals surface area (Å²) in [6, 6.07) is 0. The van der Waals surface area contributed by atoms with Gasteiger partial charge < -0.3 is 10.2 Å². The number of hydroxylamine groups is 1. The molecule has 1 atom stereocenters. The van der Waals surface area contributed by atoms with Crippen LogP contribution in [0.1, 0.15) is 392 Å². The highest BCUT2D eigenvalue weighted by atomic mass is 16.6. The molecular formula is C95H191NO20. The van der Waals surface area contributed by atoms with Gasteiger partial charge in [-0.3, -0.25) is 86.3 Å².